The molecule has 0 fully saturated rings. The SMILES string of the molecule is C=C/C=C\C(C)(c1ccc(CCC)c(-c2cc(-c3cccc(-c4cccc(-c5ccccc5C=C)c4C)c3)ccc2C)c1)C1CC=CC(CCC)=C1CC/C=C\C. The van der Waals surface area contributed by atoms with Crippen molar-refractivity contribution in [1.82, 2.24) is 0 Å². The van der Waals surface area contributed by atoms with Gasteiger partial charge in [0, 0.05) is 5.41 Å². The first-order valence-electron chi connectivity index (χ1n) is 21.2. The van der Waals surface area contributed by atoms with E-state index in [9.17, 15) is 0 Å². The quantitative estimate of drug-likeness (QED) is 0.0697. The lowest BCUT2D eigenvalue weighted by molar-refractivity contribution is 0.395. The highest BCUT2D eigenvalue weighted by molar-refractivity contribution is 5.85. The number of hydrogen-bond acceptors (Lipinski definition) is 0. The molecule has 0 spiro atoms. The zero-order chi connectivity index (χ0) is 40.4. The molecule has 2 unspecified atom stereocenters. The molecule has 0 N–H and O–H groups in total. The molecule has 6 rings (SSSR count). The van der Waals surface area contributed by atoms with Crippen molar-refractivity contribution in [1.29, 1.82) is 0 Å². The van der Waals surface area contributed by atoms with Gasteiger partial charge in [-0.2, -0.15) is 0 Å². The molecule has 2 atom stereocenters. The molecule has 0 amide bonds. The lowest BCUT2D eigenvalue weighted by Gasteiger charge is -2.40. The second-order valence-electron chi connectivity index (χ2n) is 16.0. The summed E-state index contributed by atoms with van der Waals surface area (Å²) in [4.78, 5) is 0. The summed E-state index contributed by atoms with van der Waals surface area (Å²) < 4.78 is 0. The van der Waals surface area contributed by atoms with Crippen LogP contribution in [0.2, 0.25) is 0 Å². The van der Waals surface area contributed by atoms with Crippen molar-refractivity contribution in [2.45, 2.75) is 91.9 Å². The minimum atomic E-state index is -0.207. The van der Waals surface area contributed by atoms with E-state index in [-0.39, 0.29) is 5.41 Å². The standard InChI is InChI=1S/C57H62/c1-9-14-16-29-53-44(22-11-3)25-20-32-56(53)57(8,37-15-10-2)49-36-35-45(23-12-4)55(40-49)54-39-47(34-33-41(54)6)46-26-19-27-48(38-46)50-30-21-31-51(42(50)7)52-28-18-17-24-43(52)13-5/h9-10,13-15,17-21,24-28,30-31,33-40,56H,2,5,11-12,16,22-23,29,32H2,1,3-4,6-8H3/b14-9-,37-15-. The highest BCUT2D eigenvalue weighted by atomic mass is 14.4. The molecule has 1 aliphatic carbocycles. The third kappa shape index (κ3) is 8.92. The van der Waals surface area contributed by atoms with Crippen LogP contribution in [0.25, 0.3) is 50.6 Å². The van der Waals surface area contributed by atoms with Gasteiger partial charge < -0.3 is 0 Å². The minimum absolute atomic E-state index is 0.207. The summed E-state index contributed by atoms with van der Waals surface area (Å²) in [6, 6.07) is 38.7. The van der Waals surface area contributed by atoms with E-state index in [0.29, 0.717) is 5.92 Å². The van der Waals surface area contributed by atoms with E-state index in [1.54, 1.807) is 5.57 Å². The van der Waals surface area contributed by atoms with Crippen molar-refractivity contribution in [3.63, 3.8) is 0 Å². The smallest absolute Gasteiger partial charge is 0.0175 e. The Kier molecular flexibility index (Phi) is 13.8. The van der Waals surface area contributed by atoms with Gasteiger partial charge in [0.2, 0.25) is 0 Å². The fraction of sp³-hybridized carbons (Fsp3) is 0.263. The van der Waals surface area contributed by atoms with Crippen molar-refractivity contribution in [3.05, 3.63) is 198 Å². The van der Waals surface area contributed by atoms with Gasteiger partial charge in [0.1, 0.15) is 0 Å². The molecule has 0 nitrogen and oxygen atoms in total. The number of aryl methyl sites for hydroxylation is 2. The van der Waals surface area contributed by atoms with Crippen molar-refractivity contribution < 1.29 is 0 Å². The molecule has 0 saturated heterocycles. The molecule has 0 heteroatoms. The third-order valence-corrected chi connectivity index (χ3v) is 12.3. The molecule has 290 valence electrons. The van der Waals surface area contributed by atoms with Crippen LogP contribution in [0.15, 0.2) is 170 Å². The average Bonchev–Trinajstić information content (AvgIpc) is 3.24. The maximum atomic E-state index is 4.11. The van der Waals surface area contributed by atoms with Crippen LogP contribution in [-0.4, -0.2) is 0 Å². The second-order valence-corrected chi connectivity index (χ2v) is 16.0. The highest BCUT2D eigenvalue weighted by Crippen LogP contribution is 2.47. The monoisotopic (exact) mass is 746 g/mol. The Morgan fingerprint density at radius 2 is 1.44 bits per heavy atom. The Morgan fingerprint density at radius 3 is 2.21 bits per heavy atom. The number of allylic oxidation sites excluding steroid dienone is 9. The summed E-state index contributed by atoms with van der Waals surface area (Å²) in [5, 5.41) is 0. The first-order chi connectivity index (χ1) is 27.8. The topological polar surface area (TPSA) is 0 Å². The van der Waals surface area contributed by atoms with E-state index in [1.165, 1.54) is 72.3 Å². The molecule has 5 aromatic rings. The van der Waals surface area contributed by atoms with Crippen molar-refractivity contribution in [3.8, 4) is 44.5 Å². The van der Waals surface area contributed by atoms with Crippen LogP contribution >= 0.6 is 0 Å². The zero-order valence-electron chi connectivity index (χ0n) is 35.4. The Hall–Kier alpha value is -5.46. The summed E-state index contributed by atoms with van der Waals surface area (Å²) in [7, 11) is 0. The van der Waals surface area contributed by atoms with Gasteiger partial charge in [-0.1, -0.05) is 186 Å². The minimum Gasteiger partial charge on any atom is -0.0991 e. The molecule has 57 heavy (non-hydrogen) atoms. The summed E-state index contributed by atoms with van der Waals surface area (Å²) in [6.45, 7) is 21.9. The van der Waals surface area contributed by atoms with E-state index in [0.717, 1.165) is 50.5 Å². The van der Waals surface area contributed by atoms with E-state index in [4.69, 9.17) is 0 Å². The number of hydrogen-bond donors (Lipinski definition) is 0. The molecular weight excluding hydrogens is 685 g/mol. The number of rotatable bonds is 16. The Bertz CT molecular complexity index is 2330. The van der Waals surface area contributed by atoms with E-state index in [1.807, 2.05) is 12.2 Å². The van der Waals surface area contributed by atoms with Crippen LogP contribution in [0.3, 0.4) is 0 Å². The van der Waals surface area contributed by atoms with E-state index < -0.39 is 0 Å². The first kappa shape index (κ1) is 41.2. The van der Waals surface area contributed by atoms with Gasteiger partial charge in [-0.15, -0.1) is 0 Å². The van der Waals surface area contributed by atoms with Gasteiger partial charge >= 0.3 is 0 Å². The fourth-order valence-electron chi connectivity index (χ4n) is 9.13. The lowest BCUT2D eigenvalue weighted by atomic mass is 9.63. The molecule has 1 aliphatic rings. The van der Waals surface area contributed by atoms with Gasteiger partial charge in [-0.3, -0.25) is 0 Å². The summed E-state index contributed by atoms with van der Waals surface area (Å²) in [5.41, 5.74) is 19.5. The molecule has 0 aromatic heterocycles. The van der Waals surface area contributed by atoms with Gasteiger partial charge in [0.05, 0.1) is 0 Å². The Balaban J connectivity index is 1.45. The van der Waals surface area contributed by atoms with E-state index >= 15 is 0 Å². The third-order valence-electron chi connectivity index (χ3n) is 12.3. The van der Waals surface area contributed by atoms with Crippen LogP contribution < -0.4 is 0 Å². The molecule has 0 aliphatic heterocycles. The van der Waals surface area contributed by atoms with Gasteiger partial charge in [0.25, 0.3) is 0 Å². The molecule has 0 heterocycles. The van der Waals surface area contributed by atoms with Crippen molar-refractivity contribution in [2.24, 2.45) is 5.92 Å². The maximum Gasteiger partial charge on any atom is 0.0175 e. The van der Waals surface area contributed by atoms with Crippen LogP contribution in [0.5, 0.6) is 0 Å². The van der Waals surface area contributed by atoms with Gasteiger partial charge in [-0.05, 0) is 155 Å². The van der Waals surface area contributed by atoms with Crippen LogP contribution in [-0.2, 0) is 11.8 Å². The predicted molar refractivity (Wildman–Crippen MR) is 252 cm³/mol. The first-order valence-corrected chi connectivity index (χ1v) is 21.2. The van der Waals surface area contributed by atoms with Crippen LogP contribution in [0.1, 0.15) is 94.0 Å². The summed E-state index contributed by atoms with van der Waals surface area (Å²) in [5.74, 6) is 0.373. The van der Waals surface area contributed by atoms with Gasteiger partial charge in [0.15, 0.2) is 0 Å². The zero-order valence-corrected chi connectivity index (χ0v) is 35.4. The normalized spacial score (nSPS) is 15.4. The predicted octanol–water partition coefficient (Wildman–Crippen LogP) is 16.6. The highest BCUT2D eigenvalue weighted by Gasteiger charge is 2.37. The van der Waals surface area contributed by atoms with Crippen molar-refractivity contribution in [2.75, 3.05) is 0 Å². The molecule has 0 bridgehead atoms. The summed E-state index contributed by atoms with van der Waals surface area (Å²) >= 11 is 0. The molecular formula is C57H62. The van der Waals surface area contributed by atoms with Crippen LogP contribution in [0.4, 0.5) is 0 Å². The molecule has 0 saturated carbocycles. The molecule has 5 aromatic carbocycles. The lowest BCUT2D eigenvalue weighted by Crippen LogP contribution is -2.33. The summed E-state index contributed by atoms with van der Waals surface area (Å²) in [6.07, 6.45) is 25.5. The Morgan fingerprint density at radius 1 is 0.702 bits per heavy atom. The Labute approximate surface area is 344 Å². The number of benzene rings is 5. The maximum absolute atomic E-state index is 4.11. The van der Waals surface area contributed by atoms with Crippen molar-refractivity contribution >= 4 is 6.08 Å². The fourth-order valence-corrected chi connectivity index (χ4v) is 9.13. The van der Waals surface area contributed by atoms with Gasteiger partial charge in [-0.25, -0.2) is 0 Å². The second kappa shape index (κ2) is 19.1. The average molecular weight is 747 g/mol. The largest absolute Gasteiger partial charge is 0.0991 e. The van der Waals surface area contributed by atoms with Crippen LogP contribution in [0, 0.1) is 19.8 Å². The molecule has 0 radical (unpaired) electrons. The van der Waals surface area contributed by atoms with E-state index in [2.05, 4.69) is 194 Å².